The van der Waals surface area contributed by atoms with Crippen molar-refractivity contribution >= 4 is 5.95 Å². The number of hydrogen-bond acceptors (Lipinski definition) is 6. The van der Waals surface area contributed by atoms with Gasteiger partial charge in [-0.2, -0.15) is 0 Å². The monoisotopic (exact) mass is 294 g/mol. The smallest absolute Gasteiger partial charge is 0.225 e. The number of ether oxygens (including phenoxy) is 2. The van der Waals surface area contributed by atoms with E-state index in [1.165, 1.54) is 18.4 Å². The Morgan fingerprint density at radius 3 is 2.43 bits per heavy atom. The van der Waals surface area contributed by atoms with Gasteiger partial charge < -0.3 is 19.7 Å². The van der Waals surface area contributed by atoms with Crippen LogP contribution < -0.4 is 10.2 Å². The number of anilines is 1. The molecule has 0 unspecified atom stereocenters. The molecule has 0 saturated heterocycles. The number of methoxy groups -OCH3 is 2. The van der Waals surface area contributed by atoms with E-state index in [2.05, 4.69) is 20.2 Å². The predicted molar refractivity (Wildman–Crippen MR) is 82.6 cm³/mol. The fraction of sp³-hybridized carbons (Fsp3) is 0.733. The number of nitrogens with one attached hydrogen (secondary N) is 1. The summed E-state index contributed by atoms with van der Waals surface area (Å²) in [6.45, 7) is 5.72. The highest BCUT2D eigenvalue weighted by molar-refractivity contribution is 5.33. The molecular weight excluding hydrogens is 268 g/mol. The van der Waals surface area contributed by atoms with Crippen LogP contribution in [0.25, 0.3) is 0 Å². The third-order valence-electron chi connectivity index (χ3n) is 3.64. The van der Waals surface area contributed by atoms with Gasteiger partial charge in [-0.15, -0.1) is 0 Å². The maximum atomic E-state index is 5.15. The van der Waals surface area contributed by atoms with Crippen LogP contribution in [0.1, 0.15) is 24.1 Å². The lowest BCUT2D eigenvalue weighted by Crippen LogP contribution is -2.32. The molecule has 1 N–H and O–H groups in total. The Kier molecular flexibility index (Phi) is 6.35. The molecule has 118 valence electrons. The largest absolute Gasteiger partial charge is 0.383 e. The van der Waals surface area contributed by atoms with Gasteiger partial charge in [0, 0.05) is 57.3 Å². The molecule has 0 spiro atoms. The Morgan fingerprint density at radius 2 is 1.90 bits per heavy atom. The van der Waals surface area contributed by atoms with E-state index in [1.54, 1.807) is 14.2 Å². The zero-order valence-corrected chi connectivity index (χ0v) is 13.3. The summed E-state index contributed by atoms with van der Waals surface area (Å²) >= 11 is 0. The summed E-state index contributed by atoms with van der Waals surface area (Å²) in [4.78, 5) is 11.2. The van der Waals surface area contributed by atoms with E-state index in [4.69, 9.17) is 9.47 Å². The van der Waals surface area contributed by atoms with Crippen molar-refractivity contribution in [3.05, 3.63) is 17.5 Å². The molecule has 6 nitrogen and oxygen atoms in total. The van der Waals surface area contributed by atoms with Crippen molar-refractivity contribution in [2.24, 2.45) is 0 Å². The van der Waals surface area contributed by atoms with E-state index in [9.17, 15) is 0 Å². The average Bonchev–Trinajstić information content (AvgIpc) is 3.30. The van der Waals surface area contributed by atoms with Gasteiger partial charge in [-0.1, -0.05) is 0 Å². The van der Waals surface area contributed by atoms with Crippen LogP contribution in [-0.4, -0.2) is 56.5 Å². The molecule has 6 heteroatoms. The quantitative estimate of drug-likeness (QED) is 0.698. The van der Waals surface area contributed by atoms with Crippen molar-refractivity contribution in [1.29, 1.82) is 0 Å². The van der Waals surface area contributed by atoms with Gasteiger partial charge in [0.2, 0.25) is 5.95 Å². The fourth-order valence-electron chi connectivity index (χ4n) is 2.06. The van der Waals surface area contributed by atoms with Crippen LogP contribution in [0.2, 0.25) is 0 Å². The summed E-state index contributed by atoms with van der Waals surface area (Å²) < 4.78 is 10.3. The molecular formula is C15H26N4O2. The minimum absolute atomic E-state index is 0.650. The molecule has 0 amide bonds. The SMILES string of the molecule is COCCN(CCOC)c1ncc(CNC2CC2)c(C)n1. The van der Waals surface area contributed by atoms with Gasteiger partial charge >= 0.3 is 0 Å². The first-order chi connectivity index (χ1) is 10.2. The standard InChI is InChI=1S/C15H26N4O2/c1-12-13(10-16-14-4-5-14)11-17-15(18-12)19(6-8-20-2)7-9-21-3/h11,14,16H,4-10H2,1-3H3. The van der Waals surface area contributed by atoms with Crippen molar-refractivity contribution < 1.29 is 9.47 Å². The number of rotatable bonds is 10. The lowest BCUT2D eigenvalue weighted by Gasteiger charge is -2.22. The zero-order chi connectivity index (χ0) is 15.1. The van der Waals surface area contributed by atoms with Crippen molar-refractivity contribution in [3.63, 3.8) is 0 Å². The lowest BCUT2D eigenvalue weighted by atomic mass is 10.2. The molecule has 1 aliphatic rings. The summed E-state index contributed by atoms with van der Waals surface area (Å²) in [5.74, 6) is 0.747. The third-order valence-corrected chi connectivity index (χ3v) is 3.64. The van der Waals surface area contributed by atoms with E-state index in [0.717, 1.165) is 31.3 Å². The summed E-state index contributed by atoms with van der Waals surface area (Å²) in [5, 5.41) is 3.50. The Morgan fingerprint density at radius 1 is 1.24 bits per heavy atom. The molecule has 0 bridgehead atoms. The van der Waals surface area contributed by atoms with Crippen molar-refractivity contribution in [3.8, 4) is 0 Å². The molecule has 1 aromatic heterocycles. The van der Waals surface area contributed by atoms with Gasteiger partial charge in [0.25, 0.3) is 0 Å². The molecule has 1 heterocycles. The van der Waals surface area contributed by atoms with Crippen LogP contribution in [0, 0.1) is 6.92 Å². The van der Waals surface area contributed by atoms with Crippen LogP contribution in [0.3, 0.4) is 0 Å². The Bertz CT molecular complexity index is 430. The van der Waals surface area contributed by atoms with Crippen LogP contribution in [-0.2, 0) is 16.0 Å². The second-order valence-corrected chi connectivity index (χ2v) is 5.41. The summed E-state index contributed by atoms with van der Waals surface area (Å²) in [6.07, 6.45) is 4.51. The number of aryl methyl sites for hydroxylation is 1. The Balaban J connectivity index is 1.99. The van der Waals surface area contributed by atoms with Gasteiger partial charge in [0.15, 0.2) is 0 Å². The lowest BCUT2D eigenvalue weighted by molar-refractivity contribution is 0.189. The molecule has 1 fully saturated rings. The summed E-state index contributed by atoms with van der Waals surface area (Å²) in [6, 6.07) is 0.698. The number of hydrogen-bond donors (Lipinski definition) is 1. The topological polar surface area (TPSA) is 59.5 Å². The van der Waals surface area contributed by atoms with Crippen LogP contribution in [0.4, 0.5) is 5.95 Å². The number of aromatic nitrogens is 2. The predicted octanol–water partition coefficient (Wildman–Crippen LogP) is 1.14. The van der Waals surface area contributed by atoms with Gasteiger partial charge in [-0.05, 0) is 19.8 Å². The minimum Gasteiger partial charge on any atom is -0.383 e. The second-order valence-electron chi connectivity index (χ2n) is 5.41. The zero-order valence-electron chi connectivity index (χ0n) is 13.3. The minimum atomic E-state index is 0.650. The van der Waals surface area contributed by atoms with E-state index >= 15 is 0 Å². The van der Waals surface area contributed by atoms with Crippen molar-refractivity contribution in [2.75, 3.05) is 45.4 Å². The highest BCUT2D eigenvalue weighted by atomic mass is 16.5. The maximum Gasteiger partial charge on any atom is 0.225 e. The van der Waals surface area contributed by atoms with Crippen LogP contribution >= 0.6 is 0 Å². The van der Waals surface area contributed by atoms with E-state index in [0.29, 0.717) is 19.3 Å². The van der Waals surface area contributed by atoms with Crippen LogP contribution in [0.5, 0.6) is 0 Å². The molecule has 0 radical (unpaired) electrons. The third kappa shape index (κ3) is 5.22. The van der Waals surface area contributed by atoms with Crippen LogP contribution in [0.15, 0.2) is 6.20 Å². The van der Waals surface area contributed by atoms with Gasteiger partial charge in [-0.25, -0.2) is 9.97 Å². The summed E-state index contributed by atoms with van der Waals surface area (Å²) in [5.41, 5.74) is 2.21. The first-order valence-electron chi connectivity index (χ1n) is 7.53. The Hall–Kier alpha value is -1.24. The molecule has 0 aliphatic heterocycles. The summed E-state index contributed by atoms with van der Waals surface area (Å²) in [7, 11) is 3.40. The van der Waals surface area contributed by atoms with Gasteiger partial charge in [0.1, 0.15) is 0 Å². The maximum absolute atomic E-state index is 5.15. The molecule has 0 aromatic carbocycles. The first kappa shape index (κ1) is 16.1. The fourth-order valence-corrected chi connectivity index (χ4v) is 2.06. The molecule has 0 atom stereocenters. The highest BCUT2D eigenvalue weighted by Crippen LogP contribution is 2.20. The molecule has 2 rings (SSSR count). The number of nitrogens with zero attached hydrogens (tertiary/aromatic N) is 3. The van der Waals surface area contributed by atoms with Crippen molar-refractivity contribution in [2.45, 2.75) is 32.4 Å². The van der Waals surface area contributed by atoms with E-state index in [-0.39, 0.29) is 0 Å². The average molecular weight is 294 g/mol. The highest BCUT2D eigenvalue weighted by Gasteiger charge is 2.20. The van der Waals surface area contributed by atoms with Gasteiger partial charge in [-0.3, -0.25) is 0 Å². The normalized spacial score (nSPS) is 14.4. The molecule has 1 saturated carbocycles. The Labute approximate surface area is 126 Å². The molecule has 1 aliphatic carbocycles. The van der Waals surface area contributed by atoms with E-state index in [1.807, 2.05) is 13.1 Å². The van der Waals surface area contributed by atoms with E-state index < -0.39 is 0 Å². The molecule has 1 aromatic rings. The first-order valence-corrected chi connectivity index (χ1v) is 7.53. The molecule has 21 heavy (non-hydrogen) atoms. The second kappa shape index (κ2) is 8.26. The van der Waals surface area contributed by atoms with Gasteiger partial charge in [0.05, 0.1) is 13.2 Å². The van der Waals surface area contributed by atoms with Crippen molar-refractivity contribution in [1.82, 2.24) is 15.3 Å².